The molecule has 0 aliphatic heterocycles. The molecule has 0 fully saturated rings. The van der Waals surface area contributed by atoms with Crippen molar-refractivity contribution in [1.82, 2.24) is 5.32 Å². The normalized spacial score (nSPS) is 6.80. The second kappa shape index (κ2) is 6.74. The predicted molar refractivity (Wildman–Crippen MR) is 34.7 cm³/mol. The van der Waals surface area contributed by atoms with Gasteiger partial charge in [0, 0.05) is 0 Å². The fourth-order valence-electron chi connectivity index (χ4n) is 0.223. The molecule has 0 heterocycles. The minimum absolute atomic E-state index is 0. The molecule has 1 N–H and O–H groups in total. The van der Waals surface area contributed by atoms with E-state index in [9.17, 15) is 9.59 Å². The molecule has 0 radical (unpaired) electrons. The third-order valence-electron chi connectivity index (χ3n) is 0.617. The molecule has 0 bridgehead atoms. The molecule has 0 rings (SSSR count). The molecule has 0 aromatic heterocycles. The van der Waals surface area contributed by atoms with Crippen LogP contribution in [0, 0.1) is 0 Å². The summed E-state index contributed by atoms with van der Waals surface area (Å²) < 4.78 is 0. The third kappa shape index (κ3) is 5.75. The van der Waals surface area contributed by atoms with Gasteiger partial charge in [0.25, 0.3) is 0 Å². The maximum Gasteiger partial charge on any atom is 1.00 e. The first kappa shape index (κ1) is 12.3. The molecule has 0 aliphatic carbocycles. The first-order valence-corrected chi connectivity index (χ1v) is 2.30. The fourth-order valence-corrected chi connectivity index (χ4v) is 0.223. The van der Waals surface area contributed by atoms with Crippen molar-refractivity contribution >= 4 is 11.8 Å². The molecule has 0 aliphatic rings. The van der Waals surface area contributed by atoms with Gasteiger partial charge in [0.2, 0.25) is 11.8 Å². The van der Waals surface area contributed by atoms with Crippen LogP contribution < -0.4 is 34.9 Å². The zero-order chi connectivity index (χ0) is 7.28. The van der Waals surface area contributed by atoms with Gasteiger partial charge in [-0.1, -0.05) is 13.2 Å². The Morgan fingerprint density at radius 2 is 1.50 bits per heavy atom. The Bertz CT molecular complexity index is 152. The Kier molecular flexibility index (Phi) is 8.29. The number of hydrogen-bond donors (Lipinski definition) is 1. The second-order valence-corrected chi connectivity index (χ2v) is 1.26. The fraction of sp³-hybridized carbons (Fsp3) is 0. The van der Waals surface area contributed by atoms with Gasteiger partial charge in [-0.05, 0) is 12.2 Å². The van der Waals surface area contributed by atoms with Crippen molar-refractivity contribution in [2.24, 2.45) is 0 Å². The molecule has 10 heavy (non-hydrogen) atoms. The Hall–Kier alpha value is -0.380. The monoisotopic (exact) mass is 149 g/mol. The molecule has 50 valence electrons. The summed E-state index contributed by atoms with van der Waals surface area (Å²) in [6.45, 7) is 6.30. The first-order valence-electron chi connectivity index (χ1n) is 2.30. The summed E-state index contributed by atoms with van der Waals surface area (Å²) in [7, 11) is 0. The van der Waals surface area contributed by atoms with Crippen LogP contribution in [-0.2, 0) is 9.59 Å². The Labute approximate surface area is 83.0 Å². The predicted octanol–water partition coefficient (Wildman–Crippen LogP) is -2.88. The average Bonchev–Trinajstić information content (AvgIpc) is 1.87. The van der Waals surface area contributed by atoms with Gasteiger partial charge in [0.1, 0.15) is 0 Å². The van der Waals surface area contributed by atoms with E-state index < -0.39 is 11.8 Å². The Morgan fingerprint density at radius 3 is 1.70 bits per heavy atom. The molecule has 4 heteroatoms. The van der Waals surface area contributed by atoms with E-state index in [1.165, 1.54) is 0 Å². The maximum atomic E-state index is 10.3. The first-order chi connectivity index (χ1) is 4.20. The van der Waals surface area contributed by atoms with Crippen LogP contribution in [0.5, 0.6) is 0 Å². The average molecular weight is 149 g/mol. The molecular formula is C6H8NNaO2. The SMILES string of the molecule is C=CC(=O)NC(=O)C=C.[H-].[Na+]. The molecule has 0 unspecified atom stereocenters. The molecule has 0 saturated heterocycles. The summed E-state index contributed by atoms with van der Waals surface area (Å²) in [4.78, 5) is 20.6. The van der Waals surface area contributed by atoms with Crippen molar-refractivity contribution in [3.05, 3.63) is 25.3 Å². The van der Waals surface area contributed by atoms with Crippen LogP contribution in [0.15, 0.2) is 25.3 Å². The van der Waals surface area contributed by atoms with Crippen LogP contribution in [0.1, 0.15) is 1.43 Å². The van der Waals surface area contributed by atoms with Crippen molar-refractivity contribution in [2.45, 2.75) is 0 Å². The van der Waals surface area contributed by atoms with Crippen LogP contribution in [-0.4, -0.2) is 11.8 Å². The van der Waals surface area contributed by atoms with E-state index in [1.807, 2.05) is 5.32 Å². The molecule has 0 atom stereocenters. The van der Waals surface area contributed by atoms with Gasteiger partial charge in [-0.2, -0.15) is 0 Å². The van der Waals surface area contributed by atoms with Crippen LogP contribution in [0.2, 0.25) is 0 Å². The summed E-state index contributed by atoms with van der Waals surface area (Å²) in [5.41, 5.74) is 0. The minimum Gasteiger partial charge on any atom is -1.00 e. The summed E-state index contributed by atoms with van der Waals surface area (Å²) in [5.74, 6) is -1.03. The van der Waals surface area contributed by atoms with Crippen molar-refractivity contribution in [3.63, 3.8) is 0 Å². The molecule has 0 aromatic carbocycles. The number of carbonyl (C=O) groups excluding carboxylic acids is 2. The van der Waals surface area contributed by atoms with Crippen molar-refractivity contribution in [1.29, 1.82) is 0 Å². The van der Waals surface area contributed by atoms with Gasteiger partial charge in [0.05, 0.1) is 0 Å². The summed E-state index contributed by atoms with van der Waals surface area (Å²) in [5, 5.41) is 1.97. The number of rotatable bonds is 2. The number of carbonyl (C=O) groups is 2. The third-order valence-corrected chi connectivity index (χ3v) is 0.617. The molecule has 0 saturated carbocycles. The number of hydrogen-bond acceptors (Lipinski definition) is 2. The zero-order valence-corrected chi connectivity index (χ0v) is 7.89. The number of nitrogens with one attached hydrogen (secondary N) is 1. The van der Waals surface area contributed by atoms with Crippen molar-refractivity contribution < 1.29 is 40.6 Å². The number of amides is 2. The molecule has 3 nitrogen and oxygen atoms in total. The van der Waals surface area contributed by atoms with Crippen molar-refractivity contribution in [2.75, 3.05) is 0 Å². The molecular weight excluding hydrogens is 141 g/mol. The van der Waals surface area contributed by atoms with E-state index >= 15 is 0 Å². The van der Waals surface area contributed by atoms with E-state index in [-0.39, 0.29) is 31.0 Å². The number of imide groups is 1. The Balaban J connectivity index is -0.000000320. The van der Waals surface area contributed by atoms with Gasteiger partial charge in [-0.25, -0.2) is 0 Å². The topological polar surface area (TPSA) is 46.2 Å². The largest absolute Gasteiger partial charge is 1.00 e. The Morgan fingerprint density at radius 1 is 1.20 bits per heavy atom. The van der Waals surface area contributed by atoms with Crippen LogP contribution in [0.25, 0.3) is 0 Å². The van der Waals surface area contributed by atoms with Crippen LogP contribution >= 0.6 is 0 Å². The van der Waals surface area contributed by atoms with Gasteiger partial charge in [-0.15, -0.1) is 0 Å². The van der Waals surface area contributed by atoms with E-state index in [0.29, 0.717) is 0 Å². The van der Waals surface area contributed by atoms with Crippen LogP contribution in [0.3, 0.4) is 0 Å². The second-order valence-electron chi connectivity index (χ2n) is 1.26. The smallest absolute Gasteiger partial charge is 1.00 e. The van der Waals surface area contributed by atoms with Gasteiger partial charge < -0.3 is 1.43 Å². The van der Waals surface area contributed by atoms with Gasteiger partial charge in [0.15, 0.2) is 0 Å². The van der Waals surface area contributed by atoms with E-state index in [0.717, 1.165) is 12.2 Å². The molecule has 0 spiro atoms. The van der Waals surface area contributed by atoms with E-state index in [1.54, 1.807) is 0 Å². The summed E-state index contributed by atoms with van der Waals surface area (Å²) in [6.07, 6.45) is 2.03. The van der Waals surface area contributed by atoms with Crippen molar-refractivity contribution in [3.8, 4) is 0 Å². The molecule has 2 amide bonds. The summed E-state index contributed by atoms with van der Waals surface area (Å²) in [6, 6.07) is 0. The standard InChI is InChI=1S/C6H7NO2.Na.H/c1-3-5(8)7-6(9)4-2;;/h3-4H,1-2H2,(H,7,8,9);;/q;+1;-1. The zero-order valence-electron chi connectivity index (χ0n) is 6.89. The quantitative estimate of drug-likeness (QED) is 0.338. The van der Waals surface area contributed by atoms with Crippen LogP contribution in [0.4, 0.5) is 0 Å². The maximum absolute atomic E-state index is 10.3. The summed E-state index contributed by atoms with van der Waals surface area (Å²) >= 11 is 0. The van der Waals surface area contributed by atoms with Gasteiger partial charge >= 0.3 is 29.6 Å². The molecule has 0 aromatic rings. The van der Waals surface area contributed by atoms with Gasteiger partial charge in [-0.3, -0.25) is 14.9 Å². The minimum atomic E-state index is -0.514. The van der Waals surface area contributed by atoms with E-state index in [2.05, 4.69) is 13.2 Å². The van der Waals surface area contributed by atoms with E-state index in [4.69, 9.17) is 0 Å².